The molecule has 0 heterocycles. The Hall–Kier alpha value is -2.44. The number of amides is 2. The van der Waals surface area contributed by atoms with E-state index in [0.29, 0.717) is 5.56 Å². The van der Waals surface area contributed by atoms with E-state index in [2.05, 4.69) is 10.6 Å². The number of aryl methyl sites for hydroxylation is 2. The number of rotatable bonds is 6. The lowest BCUT2D eigenvalue weighted by molar-refractivity contribution is -0.122. The fraction of sp³-hybridized carbons (Fsp3) is 0.263. The van der Waals surface area contributed by atoms with Crippen molar-refractivity contribution < 1.29 is 14.0 Å². The molecule has 2 aromatic carbocycles. The molecule has 2 aromatic rings. The minimum atomic E-state index is -0.762. The van der Waals surface area contributed by atoms with Crippen LogP contribution in [0.1, 0.15) is 33.1 Å². The van der Waals surface area contributed by atoms with Gasteiger partial charge in [-0.05, 0) is 37.1 Å². The van der Waals surface area contributed by atoms with Crippen LogP contribution < -0.4 is 16.4 Å². The summed E-state index contributed by atoms with van der Waals surface area (Å²) in [7, 11) is 0. The molecule has 2 amide bonds. The maximum Gasteiger partial charge on any atom is 0.251 e. The van der Waals surface area contributed by atoms with Gasteiger partial charge in [-0.15, -0.1) is 12.4 Å². The molecule has 0 fully saturated rings. The summed E-state index contributed by atoms with van der Waals surface area (Å²) in [5, 5.41) is 5.30. The van der Waals surface area contributed by atoms with Gasteiger partial charge in [-0.25, -0.2) is 4.39 Å². The lowest BCUT2D eigenvalue weighted by Gasteiger charge is -2.13. The zero-order valence-corrected chi connectivity index (χ0v) is 15.5. The lowest BCUT2D eigenvalue weighted by atomic mass is 10.1. The first-order valence-electron chi connectivity index (χ1n) is 8.02. The molecule has 5 nitrogen and oxygen atoms in total. The maximum atomic E-state index is 13.5. The second-order valence-electron chi connectivity index (χ2n) is 5.90. The van der Waals surface area contributed by atoms with E-state index in [1.54, 1.807) is 19.1 Å². The smallest absolute Gasteiger partial charge is 0.251 e. The summed E-state index contributed by atoms with van der Waals surface area (Å²) in [4.78, 5) is 24.0. The minimum absolute atomic E-state index is 0. The first kappa shape index (κ1) is 21.6. The molecule has 0 radical (unpaired) electrons. The van der Waals surface area contributed by atoms with E-state index in [4.69, 9.17) is 5.73 Å². The van der Waals surface area contributed by atoms with Crippen LogP contribution >= 0.6 is 12.4 Å². The Morgan fingerprint density at radius 2 is 1.65 bits per heavy atom. The number of hydrogen-bond acceptors (Lipinski definition) is 3. The van der Waals surface area contributed by atoms with Crippen LogP contribution in [0, 0.1) is 19.7 Å². The summed E-state index contributed by atoms with van der Waals surface area (Å²) in [6.07, 6.45) is 0. The molecule has 0 bridgehead atoms. The Kier molecular flexibility index (Phi) is 8.22. The number of nitrogens with one attached hydrogen (secondary N) is 2. The highest BCUT2D eigenvalue weighted by molar-refractivity contribution is 5.94. The van der Waals surface area contributed by atoms with Crippen molar-refractivity contribution in [1.29, 1.82) is 0 Å². The molecule has 0 aliphatic heterocycles. The zero-order valence-electron chi connectivity index (χ0n) is 14.7. The molecule has 26 heavy (non-hydrogen) atoms. The number of carbonyl (C=O) groups is 2. The van der Waals surface area contributed by atoms with E-state index < -0.39 is 17.8 Å². The monoisotopic (exact) mass is 379 g/mol. The van der Waals surface area contributed by atoms with Gasteiger partial charge in [-0.2, -0.15) is 0 Å². The molecule has 0 spiro atoms. The van der Waals surface area contributed by atoms with E-state index in [1.165, 1.54) is 6.07 Å². The molecule has 7 heteroatoms. The molecule has 2 rings (SSSR count). The number of benzene rings is 2. The van der Waals surface area contributed by atoms with Gasteiger partial charge in [0.15, 0.2) is 0 Å². The first-order chi connectivity index (χ1) is 11.9. The minimum Gasteiger partial charge on any atom is -0.353 e. The van der Waals surface area contributed by atoms with E-state index in [-0.39, 0.29) is 37.0 Å². The Morgan fingerprint density at radius 1 is 1.04 bits per heavy atom. The second kappa shape index (κ2) is 9.89. The largest absolute Gasteiger partial charge is 0.353 e. The van der Waals surface area contributed by atoms with E-state index in [0.717, 1.165) is 11.1 Å². The third-order valence-corrected chi connectivity index (χ3v) is 3.86. The van der Waals surface area contributed by atoms with Gasteiger partial charge in [0.2, 0.25) is 5.91 Å². The van der Waals surface area contributed by atoms with E-state index >= 15 is 0 Å². The third-order valence-electron chi connectivity index (χ3n) is 3.86. The van der Waals surface area contributed by atoms with Crippen molar-refractivity contribution >= 4 is 24.2 Å². The average Bonchev–Trinajstić information content (AvgIpc) is 2.60. The number of nitrogens with two attached hydrogens (primary N) is 1. The summed E-state index contributed by atoms with van der Waals surface area (Å²) in [5.74, 6) is -1.14. The van der Waals surface area contributed by atoms with Gasteiger partial charge >= 0.3 is 0 Å². The summed E-state index contributed by atoms with van der Waals surface area (Å²) in [6, 6.07) is 10.9. The molecular formula is C19H23ClFN3O2. The van der Waals surface area contributed by atoms with Crippen LogP contribution in [0.4, 0.5) is 4.39 Å². The molecule has 1 unspecified atom stereocenters. The SMILES string of the molecule is Cc1ccc(C(N)C(=O)NCCNC(=O)c2ccc(C)c(F)c2)cc1.Cl. The molecule has 0 saturated carbocycles. The third kappa shape index (κ3) is 5.82. The molecule has 140 valence electrons. The van der Waals surface area contributed by atoms with Crippen LogP contribution in [0.2, 0.25) is 0 Å². The Bertz CT molecular complexity index is 766. The van der Waals surface area contributed by atoms with Crippen molar-refractivity contribution in [2.75, 3.05) is 13.1 Å². The van der Waals surface area contributed by atoms with E-state index in [9.17, 15) is 14.0 Å². The van der Waals surface area contributed by atoms with Gasteiger partial charge in [-0.1, -0.05) is 35.9 Å². The van der Waals surface area contributed by atoms with Crippen molar-refractivity contribution in [1.82, 2.24) is 10.6 Å². The molecule has 0 aromatic heterocycles. The van der Waals surface area contributed by atoms with E-state index in [1.807, 2.05) is 31.2 Å². The van der Waals surface area contributed by atoms with Gasteiger partial charge < -0.3 is 16.4 Å². The second-order valence-corrected chi connectivity index (χ2v) is 5.90. The van der Waals surface area contributed by atoms with Crippen molar-refractivity contribution in [3.05, 3.63) is 70.5 Å². The molecule has 0 aliphatic carbocycles. The van der Waals surface area contributed by atoms with Crippen LogP contribution in [-0.2, 0) is 4.79 Å². The number of carbonyl (C=O) groups excluding carboxylic acids is 2. The highest BCUT2D eigenvalue weighted by atomic mass is 35.5. The van der Waals surface area contributed by atoms with Crippen LogP contribution in [-0.4, -0.2) is 24.9 Å². The predicted molar refractivity (Wildman–Crippen MR) is 102 cm³/mol. The number of halogens is 2. The summed E-state index contributed by atoms with van der Waals surface area (Å²) >= 11 is 0. The van der Waals surface area contributed by atoms with Crippen LogP contribution in [0.5, 0.6) is 0 Å². The summed E-state index contributed by atoms with van der Waals surface area (Å²) < 4.78 is 13.5. The standard InChI is InChI=1S/C19H22FN3O2.ClH/c1-12-3-6-14(7-4-12)17(21)19(25)23-10-9-22-18(24)15-8-5-13(2)16(20)11-15;/h3-8,11,17H,9-10,21H2,1-2H3,(H,22,24)(H,23,25);1H. The Morgan fingerprint density at radius 3 is 2.27 bits per heavy atom. The van der Waals surface area contributed by atoms with Crippen LogP contribution in [0.3, 0.4) is 0 Å². The predicted octanol–water partition coefficient (Wildman–Crippen LogP) is 2.41. The Balaban J connectivity index is 0.00000338. The highest BCUT2D eigenvalue weighted by Gasteiger charge is 2.15. The molecule has 0 saturated heterocycles. The maximum absolute atomic E-state index is 13.5. The highest BCUT2D eigenvalue weighted by Crippen LogP contribution is 2.11. The molecular weight excluding hydrogens is 357 g/mol. The van der Waals surface area contributed by atoms with Crippen LogP contribution in [0.25, 0.3) is 0 Å². The first-order valence-corrected chi connectivity index (χ1v) is 8.02. The normalized spacial score (nSPS) is 11.2. The fourth-order valence-corrected chi connectivity index (χ4v) is 2.23. The number of hydrogen-bond donors (Lipinski definition) is 3. The average molecular weight is 380 g/mol. The summed E-state index contributed by atoms with van der Waals surface area (Å²) in [6.45, 7) is 4.04. The van der Waals surface area contributed by atoms with Crippen molar-refractivity contribution in [3.8, 4) is 0 Å². The van der Waals surface area contributed by atoms with Crippen molar-refractivity contribution in [3.63, 3.8) is 0 Å². The quantitative estimate of drug-likeness (QED) is 0.674. The van der Waals surface area contributed by atoms with Gasteiger partial charge in [0.05, 0.1) is 0 Å². The Labute approximate surface area is 158 Å². The summed E-state index contributed by atoms with van der Waals surface area (Å²) in [5.41, 5.74) is 8.45. The van der Waals surface area contributed by atoms with Gasteiger partial charge in [0.25, 0.3) is 5.91 Å². The van der Waals surface area contributed by atoms with Gasteiger partial charge in [-0.3, -0.25) is 9.59 Å². The molecule has 1 atom stereocenters. The fourth-order valence-electron chi connectivity index (χ4n) is 2.23. The topological polar surface area (TPSA) is 84.2 Å². The van der Waals surface area contributed by atoms with Crippen molar-refractivity contribution in [2.24, 2.45) is 5.73 Å². The lowest BCUT2D eigenvalue weighted by Crippen LogP contribution is -2.39. The van der Waals surface area contributed by atoms with Gasteiger partial charge in [0.1, 0.15) is 11.9 Å². The van der Waals surface area contributed by atoms with Crippen molar-refractivity contribution in [2.45, 2.75) is 19.9 Å². The molecule has 4 N–H and O–H groups in total. The molecule has 0 aliphatic rings. The van der Waals surface area contributed by atoms with Gasteiger partial charge in [0, 0.05) is 18.7 Å². The van der Waals surface area contributed by atoms with Crippen LogP contribution in [0.15, 0.2) is 42.5 Å². The zero-order chi connectivity index (χ0) is 18.4.